The molecule has 1 fully saturated rings. The average Bonchev–Trinajstić information content (AvgIpc) is 3.22. The van der Waals surface area contributed by atoms with Crippen LogP contribution in [-0.4, -0.2) is 86.2 Å². The van der Waals surface area contributed by atoms with Gasteiger partial charge in [-0.05, 0) is 52.6 Å². The molecule has 210 valence electrons. The third-order valence-corrected chi connectivity index (χ3v) is 6.65. The summed E-state index contributed by atoms with van der Waals surface area (Å²) in [5, 5.41) is 17.6. The Bertz CT molecular complexity index is 597. The van der Waals surface area contributed by atoms with Crippen LogP contribution in [0.4, 0.5) is 0 Å². The number of carbonyl (C=O) groups excluding carboxylic acids is 3. The predicted octanol–water partition coefficient (Wildman–Crippen LogP) is 3.24. The molecule has 9 nitrogen and oxygen atoms in total. The molecule has 1 saturated heterocycles. The number of hydrogen-bond acceptors (Lipinski definition) is 9. The van der Waals surface area contributed by atoms with E-state index in [2.05, 4.69) is 4.90 Å². The van der Waals surface area contributed by atoms with Gasteiger partial charge in [-0.25, -0.2) is 0 Å². The molecule has 2 N–H and O–H groups in total. The number of likely N-dealkylation sites (tertiary alicyclic amines) is 1. The van der Waals surface area contributed by atoms with Crippen LogP contribution in [0.3, 0.4) is 0 Å². The van der Waals surface area contributed by atoms with E-state index in [0.717, 1.165) is 77.2 Å². The molecule has 9 heteroatoms. The van der Waals surface area contributed by atoms with Crippen molar-refractivity contribution >= 4 is 17.9 Å². The van der Waals surface area contributed by atoms with Gasteiger partial charge < -0.3 is 29.3 Å². The van der Waals surface area contributed by atoms with Crippen molar-refractivity contribution < 1.29 is 38.8 Å². The number of nitrogens with zero attached hydrogens (tertiary/aromatic N) is 1. The first-order valence-electron chi connectivity index (χ1n) is 13.7. The molecule has 1 heterocycles. The molecule has 0 amide bonds. The van der Waals surface area contributed by atoms with Crippen LogP contribution in [0, 0.1) is 11.3 Å². The van der Waals surface area contributed by atoms with Crippen molar-refractivity contribution in [3.05, 3.63) is 0 Å². The molecular formula is C27H49NO8. The third-order valence-electron chi connectivity index (χ3n) is 6.65. The van der Waals surface area contributed by atoms with Crippen LogP contribution in [0.2, 0.25) is 0 Å². The fraction of sp³-hybridized carbons (Fsp3) is 0.889. The molecule has 0 radical (unpaired) electrons. The van der Waals surface area contributed by atoms with E-state index < -0.39 is 11.3 Å². The summed E-state index contributed by atoms with van der Waals surface area (Å²) in [5.41, 5.74) is -0.557. The Hall–Kier alpha value is -1.71. The zero-order chi connectivity index (χ0) is 26.7. The number of esters is 3. The Labute approximate surface area is 216 Å². The first kappa shape index (κ1) is 32.3. The SMILES string of the molecule is CN1CCC(C)(C(=O)OCC(COC(=O)CCCCCCCO)COC(=O)CCCCCCCO)C1. The standard InChI is InChI=1S/C27H49NO8/c1-27(15-16-28(2)22-27)26(33)36-21-23(19-34-24(31)13-9-5-3-7-11-17-29)20-35-25(32)14-10-6-4-8-12-18-30/h23,29-30H,3-22H2,1-2H3. The Kier molecular flexibility index (Phi) is 17.4. The third kappa shape index (κ3) is 14.8. The quantitative estimate of drug-likeness (QED) is 0.135. The zero-order valence-electron chi connectivity index (χ0n) is 22.5. The second-order valence-electron chi connectivity index (χ2n) is 10.4. The number of carbonyl (C=O) groups is 3. The van der Waals surface area contributed by atoms with Crippen molar-refractivity contribution in [1.82, 2.24) is 4.90 Å². The van der Waals surface area contributed by atoms with Crippen molar-refractivity contribution in [2.75, 3.05) is 53.2 Å². The molecular weight excluding hydrogens is 466 g/mol. The number of rotatable bonds is 21. The van der Waals surface area contributed by atoms with Crippen LogP contribution >= 0.6 is 0 Å². The lowest BCUT2D eigenvalue weighted by molar-refractivity contribution is -0.159. The van der Waals surface area contributed by atoms with Crippen LogP contribution in [-0.2, 0) is 28.6 Å². The topological polar surface area (TPSA) is 123 Å². The van der Waals surface area contributed by atoms with Crippen LogP contribution < -0.4 is 0 Å². The van der Waals surface area contributed by atoms with Gasteiger partial charge in [-0.1, -0.05) is 38.5 Å². The maximum atomic E-state index is 12.7. The van der Waals surface area contributed by atoms with Crippen LogP contribution in [0.1, 0.15) is 90.4 Å². The highest BCUT2D eigenvalue weighted by Crippen LogP contribution is 2.30. The molecule has 0 saturated carbocycles. The van der Waals surface area contributed by atoms with E-state index in [0.29, 0.717) is 19.4 Å². The van der Waals surface area contributed by atoms with E-state index in [4.69, 9.17) is 24.4 Å². The van der Waals surface area contributed by atoms with Gasteiger partial charge in [0, 0.05) is 32.6 Å². The summed E-state index contributed by atoms with van der Waals surface area (Å²) in [6, 6.07) is 0. The highest BCUT2D eigenvalue weighted by atomic mass is 16.6. The largest absolute Gasteiger partial charge is 0.465 e. The van der Waals surface area contributed by atoms with Crippen LogP contribution in [0.15, 0.2) is 0 Å². The second-order valence-corrected chi connectivity index (χ2v) is 10.4. The number of aliphatic hydroxyl groups excluding tert-OH is 2. The minimum Gasteiger partial charge on any atom is -0.465 e. The highest BCUT2D eigenvalue weighted by molar-refractivity contribution is 5.77. The summed E-state index contributed by atoms with van der Waals surface area (Å²) in [6.45, 7) is 3.85. The van der Waals surface area contributed by atoms with Gasteiger partial charge in [0.15, 0.2) is 0 Å². The molecule has 0 aromatic carbocycles. The van der Waals surface area contributed by atoms with Crippen molar-refractivity contribution in [3.63, 3.8) is 0 Å². The second kappa shape index (κ2) is 19.4. The van der Waals surface area contributed by atoms with Gasteiger partial charge in [-0.15, -0.1) is 0 Å². The lowest BCUT2D eigenvalue weighted by Gasteiger charge is -2.24. The van der Waals surface area contributed by atoms with E-state index in [1.54, 1.807) is 0 Å². The number of hydrogen-bond donors (Lipinski definition) is 2. The monoisotopic (exact) mass is 515 g/mol. The molecule has 1 aliphatic heterocycles. The number of ether oxygens (including phenoxy) is 3. The van der Waals surface area contributed by atoms with Gasteiger partial charge in [-0.3, -0.25) is 14.4 Å². The smallest absolute Gasteiger partial charge is 0.313 e. The Morgan fingerprint density at radius 2 is 1.19 bits per heavy atom. The Morgan fingerprint density at radius 3 is 1.64 bits per heavy atom. The van der Waals surface area contributed by atoms with Gasteiger partial charge in [0.1, 0.15) is 19.8 Å². The maximum absolute atomic E-state index is 12.7. The summed E-state index contributed by atoms with van der Waals surface area (Å²) in [5.74, 6) is -1.32. The van der Waals surface area contributed by atoms with E-state index in [1.165, 1.54) is 0 Å². The van der Waals surface area contributed by atoms with E-state index in [1.807, 2.05) is 14.0 Å². The predicted molar refractivity (Wildman–Crippen MR) is 136 cm³/mol. The molecule has 0 aliphatic carbocycles. The van der Waals surface area contributed by atoms with E-state index in [9.17, 15) is 14.4 Å². The summed E-state index contributed by atoms with van der Waals surface area (Å²) < 4.78 is 16.4. The summed E-state index contributed by atoms with van der Waals surface area (Å²) in [7, 11) is 1.97. The fourth-order valence-electron chi connectivity index (χ4n) is 4.26. The summed E-state index contributed by atoms with van der Waals surface area (Å²) in [6.07, 6.45) is 10.0. The maximum Gasteiger partial charge on any atom is 0.313 e. The van der Waals surface area contributed by atoms with Crippen molar-refractivity contribution in [3.8, 4) is 0 Å². The lowest BCUT2D eigenvalue weighted by Crippen LogP contribution is -2.35. The molecule has 1 rings (SSSR count). The van der Waals surface area contributed by atoms with Gasteiger partial charge in [0.2, 0.25) is 0 Å². The molecule has 36 heavy (non-hydrogen) atoms. The van der Waals surface area contributed by atoms with E-state index >= 15 is 0 Å². The fourth-order valence-corrected chi connectivity index (χ4v) is 4.26. The Balaban J connectivity index is 2.43. The van der Waals surface area contributed by atoms with Gasteiger partial charge in [0.05, 0.1) is 11.3 Å². The first-order chi connectivity index (χ1) is 17.3. The Morgan fingerprint density at radius 1 is 0.750 bits per heavy atom. The van der Waals surface area contributed by atoms with E-state index in [-0.39, 0.29) is 50.9 Å². The van der Waals surface area contributed by atoms with Gasteiger partial charge in [-0.2, -0.15) is 0 Å². The molecule has 1 aliphatic rings. The minimum absolute atomic E-state index is 0.0288. The first-order valence-corrected chi connectivity index (χ1v) is 13.7. The van der Waals surface area contributed by atoms with Gasteiger partial charge >= 0.3 is 17.9 Å². The van der Waals surface area contributed by atoms with Gasteiger partial charge in [0.25, 0.3) is 0 Å². The average molecular weight is 516 g/mol. The normalized spacial score (nSPS) is 17.9. The van der Waals surface area contributed by atoms with Crippen molar-refractivity contribution in [2.24, 2.45) is 11.3 Å². The zero-order valence-corrected chi connectivity index (χ0v) is 22.5. The molecule has 0 bridgehead atoms. The lowest BCUT2D eigenvalue weighted by atomic mass is 9.90. The molecule has 1 unspecified atom stereocenters. The molecule has 0 aromatic rings. The number of aliphatic hydroxyl groups is 2. The molecule has 0 spiro atoms. The summed E-state index contributed by atoms with van der Waals surface area (Å²) in [4.78, 5) is 39.1. The molecule has 0 aromatic heterocycles. The van der Waals surface area contributed by atoms with Crippen molar-refractivity contribution in [2.45, 2.75) is 90.4 Å². The number of unbranched alkanes of at least 4 members (excludes halogenated alkanes) is 8. The van der Waals surface area contributed by atoms with Crippen molar-refractivity contribution in [1.29, 1.82) is 0 Å². The molecule has 1 atom stereocenters. The highest BCUT2D eigenvalue weighted by Gasteiger charge is 2.40. The van der Waals surface area contributed by atoms with Crippen LogP contribution in [0.5, 0.6) is 0 Å². The summed E-state index contributed by atoms with van der Waals surface area (Å²) >= 11 is 0. The van der Waals surface area contributed by atoms with Crippen LogP contribution in [0.25, 0.3) is 0 Å². The minimum atomic E-state index is -0.557.